The molecule has 1 aliphatic heterocycles. The van der Waals surface area contributed by atoms with Gasteiger partial charge in [0.1, 0.15) is 0 Å². The minimum atomic E-state index is 0.875. The van der Waals surface area contributed by atoms with E-state index in [-0.39, 0.29) is 0 Å². The summed E-state index contributed by atoms with van der Waals surface area (Å²) in [6, 6.07) is 0.875. The molecule has 0 aliphatic carbocycles. The van der Waals surface area contributed by atoms with Crippen LogP contribution in [0.15, 0.2) is 0 Å². The highest BCUT2D eigenvalue weighted by Crippen LogP contribution is 2.33. The van der Waals surface area contributed by atoms with Gasteiger partial charge in [0.15, 0.2) is 0 Å². The molecule has 0 spiro atoms. The Labute approximate surface area is 83.5 Å². The maximum absolute atomic E-state index is 2.66. The van der Waals surface area contributed by atoms with Crippen LogP contribution in [0, 0.1) is 11.8 Å². The van der Waals surface area contributed by atoms with Gasteiger partial charge in [0, 0.05) is 6.04 Å². The quantitative estimate of drug-likeness (QED) is 0.647. The minimum absolute atomic E-state index is 0.875. The fraction of sp³-hybridized carbons (Fsp3) is 1.00. The lowest BCUT2D eigenvalue weighted by molar-refractivity contribution is 0.196. The molecule has 1 heteroatoms. The molecule has 1 heterocycles. The molecule has 0 amide bonds. The van der Waals surface area contributed by atoms with Gasteiger partial charge < -0.3 is 4.90 Å². The van der Waals surface area contributed by atoms with Crippen LogP contribution >= 0.6 is 0 Å². The Morgan fingerprint density at radius 1 is 1.31 bits per heavy atom. The van der Waals surface area contributed by atoms with E-state index in [1.807, 2.05) is 0 Å². The second-order valence-electron chi connectivity index (χ2n) is 4.44. The molecular formula is C12H25N. The summed E-state index contributed by atoms with van der Waals surface area (Å²) in [5.41, 5.74) is 0. The highest BCUT2D eigenvalue weighted by molar-refractivity contribution is 4.87. The van der Waals surface area contributed by atoms with Crippen molar-refractivity contribution in [2.75, 3.05) is 13.1 Å². The number of rotatable bonds is 4. The SMILES string of the molecule is CCC(C)C1CCN(CC)C1CC. The van der Waals surface area contributed by atoms with Crippen molar-refractivity contribution in [3.63, 3.8) is 0 Å². The fourth-order valence-electron chi connectivity index (χ4n) is 2.86. The Balaban J connectivity index is 2.56. The summed E-state index contributed by atoms with van der Waals surface area (Å²) in [6.07, 6.45) is 4.11. The lowest BCUT2D eigenvalue weighted by Crippen LogP contribution is -2.34. The van der Waals surface area contributed by atoms with Crippen LogP contribution in [0.5, 0.6) is 0 Å². The van der Waals surface area contributed by atoms with Crippen LogP contribution in [-0.4, -0.2) is 24.0 Å². The number of hydrogen-bond acceptors (Lipinski definition) is 1. The first kappa shape index (κ1) is 11.0. The van der Waals surface area contributed by atoms with E-state index >= 15 is 0 Å². The van der Waals surface area contributed by atoms with Crippen molar-refractivity contribution < 1.29 is 0 Å². The molecule has 1 saturated heterocycles. The van der Waals surface area contributed by atoms with Crippen LogP contribution in [-0.2, 0) is 0 Å². The van der Waals surface area contributed by atoms with Gasteiger partial charge in [-0.05, 0) is 37.8 Å². The molecule has 0 radical (unpaired) electrons. The van der Waals surface area contributed by atoms with E-state index < -0.39 is 0 Å². The van der Waals surface area contributed by atoms with Crippen LogP contribution in [0.3, 0.4) is 0 Å². The molecule has 0 aromatic rings. The fourth-order valence-corrected chi connectivity index (χ4v) is 2.86. The number of hydrogen-bond donors (Lipinski definition) is 0. The molecule has 3 atom stereocenters. The summed E-state index contributed by atoms with van der Waals surface area (Å²) in [7, 11) is 0. The molecule has 0 N–H and O–H groups in total. The Morgan fingerprint density at radius 3 is 2.46 bits per heavy atom. The van der Waals surface area contributed by atoms with Crippen molar-refractivity contribution in [2.24, 2.45) is 11.8 Å². The molecule has 0 aromatic carbocycles. The van der Waals surface area contributed by atoms with Gasteiger partial charge >= 0.3 is 0 Å². The summed E-state index contributed by atoms with van der Waals surface area (Å²) in [6.45, 7) is 12.0. The van der Waals surface area contributed by atoms with Gasteiger partial charge in [0.2, 0.25) is 0 Å². The monoisotopic (exact) mass is 183 g/mol. The van der Waals surface area contributed by atoms with Crippen molar-refractivity contribution >= 4 is 0 Å². The standard InChI is InChI=1S/C12H25N/c1-5-10(4)11-8-9-13(7-3)12(11)6-2/h10-12H,5-9H2,1-4H3. The van der Waals surface area contributed by atoms with Crippen molar-refractivity contribution in [1.82, 2.24) is 4.90 Å². The van der Waals surface area contributed by atoms with E-state index in [2.05, 4.69) is 32.6 Å². The summed E-state index contributed by atoms with van der Waals surface area (Å²) in [5.74, 6) is 1.89. The van der Waals surface area contributed by atoms with Gasteiger partial charge in [0.05, 0.1) is 0 Å². The topological polar surface area (TPSA) is 3.24 Å². The highest BCUT2D eigenvalue weighted by atomic mass is 15.2. The van der Waals surface area contributed by atoms with Crippen LogP contribution < -0.4 is 0 Å². The van der Waals surface area contributed by atoms with Gasteiger partial charge in [-0.25, -0.2) is 0 Å². The van der Waals surface area contributed by atoms with Crippen molar-refractivity contribution in [2.45, 2.75) is 53.0 Å². The molecule has 1 fully saturated rings. The Kier molecular flexibility index (Phi) is 4.24. The average Bonchev–Trinajstić information content (AvgIpc) is 2.58. The van der Waals surface area contributed by atoms with Crippen LogP contribution in [0.25, 0.3) is 0 Å². The third-order valence-electron chi connectivity index (χ3n) is 3.91. The molecule has 0 bridgehead atoms. The summed E-state index contributed by atoms with van der Waals surface area (Å²) >= 11 is 0. The van der Waals surface area contributed by atoms with E-state index in [0.717, 1.165) is 17.9 Å². The smallest absolute Gasteiger partial charge is 0.0124 e. The van der Waals surface area contributed by atoms with E-state index in [1.54, 1.807) is 0 Å². The Morgan fingerprint density at radius 2 is 2.00 bits per heavy atom. The zero-order valence-corrected chi connectivity index (χ0v) is 9.71. The predicted molar refractivity (Wildman–Crippen MR) is 58.9 cm³/mol. The lowest BCUT2D eigenvalue weighted by Gasteiger charge is -2.29. The third-order valence-corrected chi connectivity index (χ3v) is 3.91. The van der Waals surface area contributed by atoms with E-state index in [4.69, 9.17) is 0 Å². The van der Waals surface area contributed by atoms with Gasteiger partial charge in [-0.2, -0.15) is 0 Å². The lowest BCUT2D eigenvalue weighted by atomic mass is 9.84. The molecule has 78 valence electrons. The molecule has 1 nitrogen and oxygen atoms in total. The number of nitrogens with zero attached hydrogens (tertiary/aromatic N) is 1. The van der Waals surface area contributed by atoms with E-state index in [1.165, 1.54) is 32.4 Å². The van der Waals surface area contributed by atoms with Crippen LogP contribution in [0.2, 0.25) is 0 Å². The maximum Gasteiger partial charge on any atom is 0.0124 e. The van der Waals surface area contributed by atoms with Gasteiger partial charge in [-0.15, -0.1) is 0 Å². The Bertz CT molecular complexity index is 144. The zero-order valence-electron chi connectivity index (χ0n) is 9.71. The summed E-state index contributed by atoms with van der Waals surface area (Å²) in [5, 5.41) is 0. The highest BCUT2D eigenvalue weighted by Gasteiger charge is 2.34. The summed E-state index contributed by atoms with van der Waals surface area (Å²) < 4.78 is 0. The first-order valence-electron chi connectivity index (χ1n) is 5.98. The Hall–Kier alpha value is -0.0400. The number of likely N-dealkylation sites (tertiary alicyclic amines) is 1. The van der Waals surface area contributed by atoms with Crippen molar-refractivity contribution in [1.29, 1.82) is 0 Å². The maximum atomic E-state index is 2.66. The predicted octanol–water partition coefficient (Wildman–Crippen LogP) is 3.15. The molecule has 0 saturated carbocycles. The van der Waals surface area contributed by atoms with Crippen molar-refractivity contribution in [3.8, 4) is 0 Å². The first-order valence-corrected chi connectivity index (χ1v) is 5.98. The minimum Gasteiger partial charge on any atom is -0.300 e. The van der Waals surface area contributed by atoms with Gasteiger partial charge in [-0.1, -0.05) is 34.1 Å². The molecule has 13 heavy (non-hydrogen) atoms. The van der Waals surface area contributed by atoms with Gasteiger partial charge in [-0.3, -0.25) is 0 Å². The molecule has 1 aliphatic rings. The molecular weight excluding hydrogens is 158 g/mol. The first-order chi connectivity index (χ1) is 6.24. The molecule has 3 unspecified atom stereocenters. The molecule has 0 aromatic heterocycles. The molecule has 1 rings (SSSR count). The van der Waals surface area contributed by atoms with Crippen molar-refractivity contribution in [3.05, 3.63) is 0 Å². The average molecular weight is 183 g/mol. The van der Waals surface area contributed by atoms with E-state index in [9.17, 15) is 0 Å². The van der Waals surface area contributed by atoms with Gasteiger partial charge in [0.25, 0.3) is 0 Å². The zero-order chi connectivity index (χ0) is 9.84. The van der Waals surface area contributed by atoms with Crippen LogP contribution in [0.1, 0.15) is 47.0 Å². The third kappa shape index (κ3) is 2.25. The second-order valence-corrected chi connectivity index (χ2v) is 4.44. The van der Waals surface area contributed by atoms with E-state index in [0.29, 0.717) is 0 Å². The summed E-state index contributed by atoms with van der Waals surface area (Å²) in [4.78, 5) is 2.66. The largest absolute Gasteiger partial charge is 0.300 e. The second kappa shape index (κ2) is 4.99. The normalized spacial score (nSPS) is 32.3. The van der Waals surface area contributed by atoms with Crippen LogP contribution in [0.4, 0.5) is 0 Å².